The quantitative estimate of drug-likeness (QED) is 0.455. The highest BCUT2D eigenvalue weighted by molar-refractivity contribution is 6.10. The van der Waals surface area contributed by atoms with Crippen LogP contribution in [0.3, 0.4) is 0 Å². The number of hydrogen-bond donors (Lipinski definition) is 2. The normalized spacial score (nSPS) is 11.2. The standard InChI is InChI=1S/C24H29N5O3/c1-15-7-9-18(10-8-15)23(30)27-24(25-14-20-16(2)28-29(4)17(20)3)26-19-11-12-21(31-5)22(13-19)32-6/h7-13H,14H2,1-6H3,(H2,25,26,27,30). The molecule has 1 aromatic heterocycles. The van der Waals surface area contributed by atoms with Crippen LogP contribution in [0.25, 0.3) is 0 Å². The van der Waals surface area contributed by atoms with Crippen LogP contribution < -0.4 is 20.1 Å². The summed E-state index contributed by atoms with van der Waals surface area (Å²) in [5, 5.41) is 10.5. The summed E-state index contributed by atoms with van der Waals surface area (Å²) in [6.07, 6.45) is 0. The van der Waals surface area contributed by atoms with E-state index in [1.54, 1.807) is 38.5 Å². The molecule has 3 rings (SSSR count). The number of nitrogens with zero attached hydrogens (tertiary/aromatic N) is 3. The maximum absolute atomic E-state index is 12.8. The van der Waals surface area contributed by atoms with Crippen molar-refractivity contribution in [3.63, 3.8) is 0 Å². The third-order valence-corrected chi connectivity index (χ3v) is 5.25. The molecule has 0 bridgehead atoms. The summed E-state index contributed by atoms with van der Waals surface area (Å²) in [4.78, 5) is 17.5. The minimum atomic E-state index is -0.253. The molecule has 0 saturated carbocycles. The number of amides is 1. The molecule has 0 fully saturated rings. The zero-order valence-electron chi connectivity index (χ0n) is 19.3. The van der Waals surface area contributed by atoms with Gasteiger partial charge in [-0.25, -0.2) is 4.99 Å². The Balaban J connectivity index is 1.89. The number of carbonyl (C=O) groups is 1. The maximum atomic E-state index is 12.8. The Kier molecular flexibility index (Phi) is 7.14. The summed E-state index contributed by atoms with van der Waals surface area (Å²) in [5.74, 6) is 1.25. The van der Waals surface area contributed by atoms with Crippen LogP contribution in [-0.2, 0) is 13.6 Å². The number of aliphatic imine (C=N–C) groups is 1. The molecular weight excluding hydrogens is 406 g/mol. The van der Waals surface area contributed by atoms with E-state index in [0.29, 0.717) is 35.3 Å². The second-order valence-electron chi connectivity index (χ2n) is 7.45. The number of methoxy groups -OCH3 is 2. The largest absolute Gasteiger partial charge is 0.493 e. The zero-order chi connectivity index (χ0) is 23.3. The van der Waals surface area contributed by atoms with Crippen molar-refractivity contribution in [1.82, 2.24) is 15.1 Å². The highest BCUT2D eigenvalue weighted by Gasteiger charge is 2.13. The SMILES string of the molecule is COc1ccc(NC(=NCc2c(C)nn(C)c2C)NC(=O)c2ccc(C)cc2)cc1OC. The Bertz CT molecular complexity index is 1130. The van der Waals surface area contributed by atoms with Gasteiger partial charge in [-0.15, -0.1) is 0 Å². The van der Waals surface area contributed by atoms with Crippen molar-refractivity contribution in [3.05, 3.63) is 70.5 Å². The van der Waals surface area contributed by atoms with Crippen LogP contribution >= 0.6 is 0 Å². The summed E-state index contributed by atoms with van der Waals surface area (Å²) < 4.78 is 12.5. The van der Waals surface area contributed by atoms with E-state index in [9.17, 15) is 4.79 Å². The molecular formula is C24H29N5O3. The van der Waals surface area contributed by atoms with Gasteiger partial charge in [0, 0.05) is 35.6 Å². The van der Waals surface area contributed by atoms with Crippen molar-refractivity contribution in [1.29, 1.82) is 0 Å². The number of anilines is 1. The van der Waals surface area contributed by atoms with E-state index in [1.807, 2.05) is 50.7 Å². The lowest BCUT2D eigenvalue weighted by Crippen LogP contribution is -2.36. The summed E-state index contributed by atoms with van der Waals surface area (Å²) >= 11 is 0. The van der Waals surface area contributed by atoms with Crippen LogP contribution in [0.15, 0.2) is 47.5 Å². The first-order chi connectivity index (χ1) is 15.3. The lowest BCUT2D eigenvalue weighted by Gasteiger charge is -2.14. The molecule has 168 valence electrons. The molecule has 0 aliphatic carbocycles. The first-order valence-electron chi connectivity index (χ1n) is 10.2. The van der Waals surface area contributed by atoms with E-state index in [2.05, 4.69) is 20.7 Å². The van der Waals surface area contributed by atoms with E-state index in [-0.39, 0.29) is 5.91 Å². The van der Waals surface area contributed by atoms with Gasteiger partial charge in [-0.2, -0.15) is 5.10 Å². The molecule has 2 N–H and O–H groups in total. The fraction of sp³-hybridized carbons (Fsp3) is 0.292. The average molecular weight is 436 g/mol. The molecule has 0 aliphatic heterocycles. The van der Waals surface area contributed by atoms with Crippen molar-refractivity contribution in [2.45, 2.75) is 27.3 Å². The maximum Gasteiger partial charge on any atom is 0.257 e. The van der Waals surface area contributed by atoms with E-state index in [1.165, 1.54) is 0 Å². The Morgan fingerprint density at radius 2 is 1.72 bits per heavy atom. The molecule has 0 saturated heterocycles. The average Bonchev–Trinajstić information content (AvgIpc) is 3.03. The molecule has 0 aliphatic rings. The van der Waals surface area contributed by atoms with Gasteiger partial charge in [0.05, 0.1) is 26.5 Å². The van der Waals surface area contributed by atoms with E-state index >= 15 is 0 Å². The van der Waals surface area contributed by atoms with Crippen LogP contribution in [0.1, 0.15) is 32.9 Å². The Morgan fingerprint density at radius 3 is 2.31 bits per heavy atom. The molecule has 0 unspecified atom stereocenters. The molecule has 3 aromatic rings. The van der Waals surface area contributed by atoms with E-state index in [4.69, 9.17) is 9.47 Å². The van der Waals surface area contributed by atoms with Gasteiger partial charge in [0.25, 0.3) is 5.91 Å². The molecule has 8 heteroatoms. The number of benzene rings is 2. The van der Waals surface area contributed by atoms with E-state index < -0.39 is 0 Å². The topological polar surface area (TPSA) is 89.8 Å². The Morgan fingerprint density at radius 1 is 1.03 bits per heavy atom. The summed E-state index contributed by atoms with van der Waals surface area (Å²) in [5.41, 5.74) is 5.28. The number of aromatic nitrogens is 2. The lowest BCUT2D eigenvalue weighted by atomic mass is 10.1. The van der Waals surface area contributed by atoms with Gasteiger partial charge in [-0.05, 0) is 45.0 Å². The monoisotopic (exact) mass is 435 g/mol. The first kappa shape index (κ1) is 22.9. The highest BCUT2D eigenvalue weighted by atomic mass is 16.5. The van der Waals surface area contributed by atoms with Gasteiger partial charge in [0.15, 0.2) is 11.5 Å². The smallest absolute Gasteiger partial charge is 0.257 e. The van der Waals surface area contributed by atoms with Gasteiger partial charge in [-0.1, -0.05) is 17.7 Å². The van der Waals surface area contributed by atoms with Crippen molar-refractivity contribution in [2.24, 2.45) is 12.0 Å². The van der Waals surface area contributed by atoms with Crippen LogP contribution in [0.4, 0.5) is 5.69 Å². The van der Waals surface area contributed by atoms with Crippen molar-refractivity contribution >= 4 is 17.6 Å². The molecule has 0 spiro atoms. The number of aryl methyl sites for hydroxylation is 3. The van der Waals surface area contributed by atoms with Crippen molar-refractivity contribution < 1.29 is 14.3 Å². The molecule has 8 nitrogen and oxygen atoms in total. The third-order valence-electron chi connectivity index (χ3n) is 5.25. The number of guanidine groups is 1. The predicted molar refractivity (Wildman–Crippen MR) is 126 cm³/mol. The molecule has 1 heterocycles. The fourth-order valence-electron chi connectivity index (χ4n) is 3.25. The van der Waals surface area contributed by atoms with E-state index in [0.717, 1.165) is 22.5 Å². The Labute approximate surface area is 188 Å². The van der Waals surface area contributed by atoms with Crippen molar-refractivity contribution in [3.8, 4) is 11.5 Å². The van der Waals surface area contributed by atoms with Crippen LogP contribution in [0, 0.1) is 20.8 Å². The van der Waals surface area contributed by atoms with Gasteiger partial charge in [-0.3, -0.25) is 14.8 Å². The second kappa shape index (κ2) is 10.00. The summed E-state index contributed by atoms with van der Waals surface area (Å²) in [7, 11) is 5.06. The fourth-order valence-corrected chi connectivity index (χ4v) is 3.25. The molecule has 0 radical (unpaired) electrons. The second-order valence-corrected chi connectivity index (χ2v) is 7.45. The zero-order valence-corrected chi connectivity index (χ0v) is 19.3. The van der Waals surface area contributed by atoms with Gasteiger partial charge < -0.3 is 14.8 Å². The van der Waals surface area contributed by atoms with Gasteiger partial charge in [0.1, 0.15) is 0 Å². The first-order valence-corrected chi connectivity index (χ1v) is 10.2. The molecule has 0 atom stereocenters. The predicted octanol–water partition coefficient (Wildman–Crippen LogP) is 3.76. The van der Waals surface area contributed by atoms with Crippen molar-refractivity contribution in [2.75, 3.05) is 19.5 Å². The number of rotatable bonds is 6. The third kappa shape index (κ3) is 5.26. The lowest BCUT2D eigenvalue weighted by molar-refractivity contribution is 0.0977. The van der Waals surface area contributed by atoms with Gasteiger partial charge in [0.2, 0.25) is 5.96 Å². The summed E-state index contributed by atoms with van der Waals surface area (Å²) in [6, 6.07) is 12.8. The number of nitrogens with one attached hydrogen (secondary N) is 2. The molecule has 32 heavy (non-hydrogen) atoms. The number of carbonyl (C=O) groups excluding carboxylic acids is 1. The minimum absolute atomic E-state index is 0.253. The van der Waals surface area contributed by atoms with Crippen LogP contribution in [0.5, 0.6) is 11.5 Å². The number of ether oxygens (including phenoxy) is 2. The van der Waals surface area contributed by atoms with Crippen LogP contribution in [-0.4, -0.2) is 35.9 Å². The molecule has 1 amide bonds. The van der Waals surface area contributed by atoms with Gasteiger partial charge >= 0.3 is 0 Å². The summed E-state index contributed by atoms with van der Waals surface area (Å²) in [6.45, 7) is 6.29. The minimum Gasteiger partial charge on any atom is -0.493 e. The van der Waals surface area contributed by atoms with Crippen LogP contribution in [0.2, 0.25) is 0 Å². The number of hydrogen-bond acceptors (Lipinski definition) is 5. The Hall–Kier alpha value is -3.81. The highest BCUT2D eigenvalue weighted by Crippen LogP contribution is 2.29. The molecule has 2 aromatic carbocycles.